The van der Waals surface area contributed by atoms with Gasteiger partial charge in [-0.25, -0.2) is 24.4 Å². The third-order valence-electron chi connectivity index (χ3n) is 10.6. The Balaban J connectivity index is 0.889. The molecule has 2 fully saturated rings. The molecule has 15 heteroatoms. The predicted molar refractivity (Wildman–Crippen MR) is 232 cm³/mol. The average Bonchev–Trinajstić information content (AvgIpc) is 4.03. The number of carbonyl (C=O) groups is 4. The summed E-state index contributed by atoms with van der Waals surface area (Å²) in [6.07, 6.45) is 6.37. The number of carboxylic acids is 1. The zero-order valence-electron chi connectivity index (χ0n) is 32.4. The van der Waals surface area contributed by atoms with E-state index in [9.17, 15) is 24.3 Å². The van der Waals surface area contributed by atoms with Crippen molar-refractivity contribution in [3.05, 3.63) is 132 Å². The molecule has 2 heterocycles. The van der Waals surface area contributed by atoms with Gasteiger partial charge >= 0.3 is 24.0 Å². The molecule has 5 N–H and O–H groups in total. The van der Waals surface area contributed by atoms with Gasteiger partial charge in [-0.05, 0) is 91.8 Å². The van der Waals surface area contributed by atoms with Crippen molar-refractivity contribution in [3.8, 4) is 20.9 Å². The second-order valence-electron chi connectivity index (χ2n) is 14.8. The van der Waals surface area contributed by atoms with Gasteiger partial charge in [0.05, 0.1) is 16.2 Å². The highest BCUT2D eigenvalue weighted by atomic mass is 32.1. The van der Waals surface area contributed by atoms with E-state index in [4.69, 9.17) is 14.5 Å². The summed E-state index contributed by atoms with van der Waals surface area (Å²) in [4.78, 5) is 62.2. The van der Waals surface area contributed by atoms with E-state index in [1.165, 1.54) is 22.7 Å². The number of aliphatic carboxylic acids is 1. The first kappa shape index (κ1) is 40.4. The zero-order valence-corrected chi connectivity index (χ0v) is 34.0. The maximum Gasteiger partial charge on any atom is 0.333 e. The van der Waals surface area contributed by atoms with Gasteiger partial charge < -0.3 is 35.8 Å². The minimum Gasteiger partial charge on any atom is -0.479 e. The lowest BCUT2D eigenvalue weighted by molar-refractivity contribution is -0.186. The number of anilines is 4. The summed E-state index contributed by atoms with van der Waals surface area (Å²) in [5, 5.41) is 22.9. The van der Waals surface area contributed by atoms with Crippen LogP contribution in [0.2, 0.25) is 0 Å². The first-order chi connectivity index (χ1) is 29.1. The average molecular weight is 843 g/mol. The molecule has 2 aliphatic rings. The molecule has 0 radical (unpaired) electrons. The van der Waals surface area contributed by atoms with Crippen LogP contribution in [0.25, 0.3) is 20.9 Å². The molecule has 13 nitrogen and oxygen atoms in total. The van der Waals surface area contributed by atoms with Crippen LogP contribution in [-0.4, -0.2) is 45.2 Å². The van der Waals surface area contributed by atoms with Crippen LogP contribution in [-0.2, 0) is 30.3 Å². The van der Waals surface area contributed by atoms with Crippen molar-refractivity contribution in [1.82, 2.24) is 9.97 Å². The number of hydrogen-bond acceptors (Lipinski definition) is 10. The summed E-state index contributed by atoms with van der Waals surface area (Å²) in [6.45, 7) is 0. The van der Waals surface area contributed by atoms with Gasteiger partial charge in [0.15, 0.2) is 11.7 Å². The van der Waals surface area contributed by atoms with Crippen LogP contribution in [0.1, 0.15) is 61.4 Å². The second kappa shape index (κ2) is 17.8. The molecule has 0 aliphatic heterocycles. The van der Waals surface area contributed by atoms with Crippen molar-refractivity contribution in [2.75, 3.05) is 21.3 Å². The van der Waals surface area contributed by atoms with Gasteiger partial charge in [0.25, 0.3) is 0 Å². The number of urea groups is 2. The first-order valence-corrected chi connectivity index (χ1v) is 21.3. The van der Waals surface area contributed by atoms with Gasteiger partial charge in [0, 0.05) is 35.1 Å². The second-order valence-corrected chi connectivity index (χ2v) is 16.8. The number of nitrogens with zero attached hydrogens (tertiary/aromatic N) is 2. The van der Waals surface area contributed by atoms with E-state index in [0.717, 1.165) is 40.1 Å². The van der Waals surface area contributed by atoms with Gasteiger partial charge in [-0.1, -0.05) is 73.5 Å². The maximum atomic E-state index is 13.6. The van der Waals surface area contributed by atoms with Crippen molar-refractivity contribution in [2.45, 2.75) is 68.7 Å². The molecule has 60 heavy (non-hydrogen) atoms. The molecule has 306 valence electrons. The van der Waals surface area contributed by atoms with Crippen LogP contribution < -0.4 is 21.3 Å². The zero-order chi connectivity index (χ0) is 41.5. The van der Waals surface area contributed by atoms with E-state index in [1.807, 2.05) is 60.7 Å². The highest BCUT2D eigenvalue weighted by Gasteiger charge is 2.47. The van der Waals surface area contributed by atoms with Crippen LogP contribution in [0.4, 0.5) is 32.3 Å². The quantitative estimate of drug-likeness (QED) is 0.0667. The highest BCUT2D eigenvalue weighted by Crippen LogP contribution is 2.49. The smallest absolute Gasteiger partial charge is 0.333 e. The summed E-state index contributed by atoms with van der Waals surface area (Å²) in [7, 11) is 0. The Labute approximate surface area is 354 Å². The monoisotopic (exact) mass is 842 g/mol. The van der Waals surface area contributed by atoms with Gasteiger partial charge in [0.2, 0.25) is 0 Å². The molecule has 1 unspecified atom stereocenters. The van der Waals surface area contributed by atoms with Crippen LogP contribution in [0.5, 0.6) is 0 Å². The van der Waals surface area contributed by atoms with Gasteiger partial charge in [-0.15, -0.1) is 22.7 Å². The van der Waals surface area contributed by atoms with Crippen LogP contribution >= 0.6 is 22.7 Å². The first-order valence-electron chi connectivity index (χ1n) is 19.7. The number of carbonyl (C=O) groups excluding carboxylic acids is 3. The largest absolute Gasteiger partial charge is 0.479 e. The van der Waals surface area contributed by atoms with Crippen LogP contribution in [0.3, 0.4) is 0 Å². The molecule has 4 aromatic carbocycles. The van der Waals surface area contributed by atoms with Crippen LogP contribution in [0.15, 0.2) is 122 Å². The Morgan fingerprint density at radius 3 is 1.42 bits per heavy atom. The van der Waals surface area contributed by atoms with E-state index >= 15 is 0 Å². The predicted octanol–water partition coefficient (Wildman–Crippen LogP) is 10.5. The van der Waals surface area contributed by atoms with Gasteiger partial charge in [0.1, 0.15) is 15.6 Å². The number of rotatable bonds is 14. The Bertz CT molecular complexity index is 2450. The summed E-state index contributed by atoms with van der Waals surface area (Å²) < 4.78 is 12.5. The normalized spacial score (nSPS) is 15.5. The Kier molecular flexibility index (Phi) is 12.0. The lowest BCUT2D eigenvalue weighted by Crippen LogP contribution is -2.42. The molecular weight excluding hydrogens is 801 g/mol. The topological polar surface area (TPSA) is 181 Å². The molecule has 1 atom stereocenters. The van der Waals surface area contributed by atoms with Gasteiger partial charge in [-0.2, -0.15) is 0 Å². The lowest BCUT2D eigenvalue weighted by atomic mass is 9.80. The molecule has 2 aromatic heterocycles. The fourth-order valence-corrected chi connectivity index (χ4v) is 9.57. The molecule has 0 bridgehead atoms. The molecular formula is C45H42N6O7S2. The Hall–Kier alpha value is -6.42. The number of aromatic nitrogens is 2. The molecule has 0 spiro atoms. The van der Waals surface area contributed by atoms with Gasteiger partial charge in [-0.3, -0.25) is 4.79 Å². The molecule has 8 rings (SSSR count). The number of ether oxygens (including phenoxy) is 2. The number of benzene rings is 4. The summed E-state index contributed by atoms with van der Waals surface area (Å²) >= 11 is 2.85. The number of para-hydroxylation sites is 2. The van der Waals surface area contributed by atoms with E-state index in [-0.39, 0.29) is 12.1 Å². The SMILES string of the molecule is O=C(Nc1ccccc1)Nc1ccc(-c2cnc(C3(OC(=O)CC(OC4(c5ncc(-c6ccc(NC(=O)Nc7ccccc7)cc6)s5)CCCC4)C(=O)O)CCC3)s2)cc1. The number of carboxylic acid groups (broad SMARTS) is 1. The standard InChI is InChI=1S/C45H42N6O7S2/c52-38(58-45(24-9-25-45)41-47-28-37(60-41)30-16-20-34(21-17-30)51-43(56)49-32-12-5-2-6-13-32)26-35(39(53)54)57-44(22-7-8-23-44)40-46-27-36(59-40)29-14-18-33(19-15-29)50-42(55)48-31-10-3-1-4-11-31/h1-6,10-21,27-28,35H,7-9,22-26H2,(H,53,54)(H2,48,50,55)(H2,49,51,56). The fraction of sp³-hybridized carbons (Fsp3) is 0.244. The lowest BCUT2D eigenvalue weighted by Gasteiger charge is -2.39. The Morgan fingerprint density at radius 2 is 1.00 bits per heavy atom. The number of amides is 4. The molecule has 6 aromatic rings. The van der Waals surface area contributed by atoms with Crippen molar-refractivity contribution in [3.63, 3.8) is 0 Å². The van der Waals surface area contributed by atoms with Crippen molar-refractivity contribution >= 4 is 69.4 Å². The number of hydrogen-bond donors (Lipinski definition) is 5. The summed E-state index contributed by atoms with van der Waals surface area (Å²) in [5.74, 6) is -1.91. The number of nitrogens with one attached hydrogen (secondary N) is 4. The molecule has 2 aliphatic carbocycles. The Morgan fingerprint density at radius 1 is 0.583 bits per heavy atom. The van der Waals surface area contributed by atoms with Crippen molar-refractivity contribution < 1.29 is 33.8 Å². The fourth-order valence-electron chi connectivity index (χ4n) is 7.35. The van der Waals surface area contributed by atoms with Crippen molar-refractivity contribution in [2.24, 2.45) is 0 Å². The highest BCUT2D eigenvalue weighted by molar-refractivity contribution is 7.15. The maximum absolute atomic E-state index is 13.6. The summed E-state index contributed by atoms with van der Waals surface area (Å²) in [6, 6.07) is 32.4. The number of esters is 1. The molecule has 4 amide bonds. The minimum atomic E-state index is -1.44. The third-order valence-corrected chi connectivity index (χ3v) is 13.0. The molecule has 0 saturated heterocycles. The van der Waals surface area contributed by atoms with Crippen molar-refractivity contribution in [1.29, 1.82) is 0 Å². The number of thiazole rings is 2. The van der Waals surface area contributed by atoms with E-state index < -0.39 is 35.7 Å². The minimum absolute atomic E-state index is 0.353. The van der Waals surface area contributed by atoms with E-state index in [2.05, 4.69) is 26.3 Å². The van der Waals surface area contributed by atoms with Crippen LogP contribution in [0, 0.1) is 0 Å². The third kappa shape index (κ3) is 9.38. The van der Waals surface area contributed by atoms with E-state index in [1.54, 1.807) is 60.9 Å². The van der Waals surface area contributed by atoms with E-state index in [0.29, 0.717) is 58.4 Å². The molecule has 2 saturated carbocycles. The summed E-state index contributed by atoms with van der Waals surface area (Å²) in [5.41, 5.74) is 2.48.